The molecular formula is C17H16FNO2. The Morgan fingerprint density at radius 1 is 1.24 bits per heavy atom. The fraction of sp³-hybridized carbons (Fsp3) is 0.118. The maximum atomic E-state index is 13.9. The third-order valence-electron chi connectivity index (χ3n) is 3.03. The lowest BCUT2D eigenvalue weighted by atomic mass is 10.1. The number of hydrogen-bond donors (Lipinski definition) is 1. The summed E-state index contributed by atoms with van der Waals surface area (Å²) in [6.45, 7) is 0. The molecule has 2 aromatic rings. The summed E-state index contributed by atoms with van der Waals surface area (Å²) in [4.78, 5) is 11.9. The summed E-state index contributed by atoms with van der Waals surface area (Å²) in [7, 11) is 1.39. The Kier molecular flexibility index (Phi) is 4.72. The number of ketones is 1. The van der Waals surface area contributed by atoms with E-state index in [0.717, 1.165) is 5.56 Å². The Balaban J connectivity index is 2.06. The summed E-state index contributed by atoms with van der Waals surface area (Å²) in [5.74, 6) is -0.531. The van der Waals surface area contributed by atoms with Gasteiger partial charge in [0, 0.05) is 12.1 Å². The molecule has 0 amide bonds. The van der Waals surface area contributed by atoms with E-state index in [9.17, 15) is 9.18 Å². The molecule has 2 rings (SSSR count). The van der Waals surface area contributed by atoms with Crippen LogP contribution in [0.3, 0.4) is 0 Å². The lowest BCUT2D eigenvalue weighted by Crippen LogP contribution is -2.02. The monoisotopic (exact) mass is 285 g/mol. The highest BCUT2D eigenvalue weighted by molar-refractivity contribution is 5.95. The highest BCUT2D eigenvalue weighted by Crippen LogP contribution is 2.20. The quantitative estimate of drug-likeness (QED) is 0.677. The molecule has 3 nitrogen and oxygen atoms in total. The molecule has 0 spiro atoms. The minimum Gasteiger partial charge on any atom is -0.494 e. The molecule has 2 N–H and O–H groups in total. The highest BCUT2D eigenvalue weighted by Gasteiger charge is 2.10. The highest BCUT2D eigenvalue weighted by atomic mass is 19.1. The average Bonchev–Trinajstić information content (AvgIpc) is 2.49. The van der Waals surface area contributed by atoms with Crippen LogP contribution >= 0.6 is 0 Å². The first kappa shape index (κ1) is 14.8. The zero-order valence-electron chi connectivity index (χ0n) is 11.7. The molecule has 0 aliphatic rings. The van der Waals surface area contributed by atoms with Crippen LogP contribution in [0.25, 0.3) is 6.08 Å². The van der Waals surface area contributed by atoms with Gasteiger partial charge in [-0.05, 0) is 35.4 Å². The van der Waals surface area contributed by atoms with E-state index in [1.807, 2.05) is 12.1 Å². The van der Waals surface area contributed by atoms with Gasteiger partial charge >= 0.3 is 0 Å². The Bertz CT molecular complexity index is 663. The van der Waals surface area contributed by atoms with Crippen LogP contribution in [0.4, 0.5) is 10.1 Å². The second-order valence-electron chi connectivity index (χ2n) is 4.58. The van der Waals surface area contributed by atoms with Crippen molar-refractivity contribution in [3.05, 3.63) is 65.5 Å². The Morgan fingerprint density at radius 3 is 2.62 bits per heavy atom. The minimum absolute atomic E-state index is 0.00545. The summed E-state index contributed by atoms with van der Waals surface area (Å²) in [6.07, 6.45) is 3.11. The molecule has 0 heterocycles. The van der Waals surface area contributed by atoms with Gasteiger partial charge in [-0.25, -0.2) is 4.39 Å². The summed E-state index contributed by atoms with van der Waals surface area (Å²) >= 11 is 0. The van der Waals surface area contributed by atoms with Crippen molar-refractivity contribution in [1.82, 2.24) is 0 Å². The van der Waals surface area contributed by atoms with Crippen LogP contribution in [0.5, 0.6) is 5.75 Å². The van der Waals surface area contributed by atoms with Crippen molar-refractivity contribution in [2.45, 2.75) is 6.42 Å². The van der Waals surface area contributed by atoms with Crippen molar-refractivity contribution >= 4 is 17.5 Å². The molecule has 0 saturated heterocycles. The van der Waals surface area contributed by atoms with Gasteiger partial charge in [0.1, 0.15) is 0 Å². The number of nitrogens with two attached hydrogens (primary N) is 1. The number of hydrogen-bond acceptors (Lipinski definition) is 3. The number of anilines is 1. The molecule has 0 unspecified atom stereocenters. The maximum Gasteiger partial charge on any atom is 0.168 e. The largest absolute Gasteiger partial charge is 0.494 e. The zero-order chi connectivity index (χ0) is 15.2. The molecule has 0 fully saturated rings. The second kappa shape index (κ2) is 6.70. The van der Waals surface area contributed by atoms with E-state index in [1.54, 1.807) is 30.3 Å². The standard InChI is InChI=1S/C17H16FNO2/c1-21-16-4-2-3-13(17(16)18)11-15(20)10-7-12-5-8-14(19)9-6-12/h2-10H,11,19H2,1H3/b10-7+. The lowest BCUT2D eigenvalue weighted by molar-refractivity contribution is -0.114. The Hall–Kier alpha value is -2.62. The van der Waals surface area contributed by atoms with Crippen molar-refractivity contribution < 1.29 is 13.9 Å². The maximum absolute atomic E-state index is 13.9. The molecule has 4 heteroatoms. The van der Waals surface area contributed by atoms with Crippen molar-refractivity contribution in [1.29, 1.82) is 0 Å². The summed E-state index contributed by atoms with van der Waals surface area (Å²) in [5, 5.41) is 0. The van der Waals surface area contributed by atoms with E-state index in [2.05, 4.69) is 0 Å². The van der Waals surface area contributed by atoms with E-state index < -0.39 is 5.82 Å². The van der Waals surface area contributed by atoms with Crippen LogP contribution in [0, 0.1) is 5.82 Å². The molecule has 0 aliphatic heterocycles. The molecule has 108 valence electrons. The van der Waals surface area contributed by atoms with Crippen LogP contribution in [0.2, 0.25) is 0 Å². The number of carbonyl (C=O) groups excluding carboxylic acids is 1. The summed E-state index contributed by atoms with van der Waals surface area (Å²) in [5.41, 5.74) is 7.43. The van der Waals surface area contributed by atoms with Crippen molar-refractivity contribution in [3.63, 3.8) is 0 Å². The summed E-state index contributed by atoms with van der Waals surface area (Å²) < 4.78 is 18.8. The molecule has 0 aliphatic carbocycles. The number of ether oxygens (including phenoxy) is 1. The van der Waals surface area contributed by atoms with Gasteiger partial charge in [-0.2, -0.15) is 0 Å². The van der Waals surface area contributed by atoms with Gasteiger partial charge in [0.15, 0.2) is 17.3 Å². The molecule has 0 aromatic heterocycles. The fourth-order valence-electron chi connectivity index (χ4n) is 1.89. The van der Waals surface area contributed by atoms with Crippen LogP contribution in [0.1, 0.15) is 11.1 Å². The third-order valence-corrected chi connectivity index (χ3v) is 3.03. The molecule has 0 saturated carbocycles. The number of nitrogen functional groups attached to an aromatic ring is 1. The van der Waals surface area contributed by atoms with Gasteiger partial charge in [-0.15, -0.1) is 0 Å². The normalized spacial score (nSPS) is 10.8. The predicted molar refractivity (Wildman–Crippen MR) is 81.6 cm³/mol. The van der Waals surface area contributed by atoms with Crippen molar-refractivity contribution in [2.24, 2.45) is 0 Å². The molecular weight excluding hydrogens is 269 g/mol. The fourth-order valence-corrected chi connectivity index (χ4v) is 1.89. The average molecular weight is 285 g/mol. The SMILES string of the molecule is COc1cccc(CC(=O)/C=C/c2ccc(N)cc2)c1F. The van der Waals surface area contributed by atoms with Gasteiger partial charge in [-0.3, -0.25) is 4.79 Å². The topological polar surface area (TPSA) is 52.3 Å². The van der Waals surface area contributed by atoms with Crippen LogP contribution in [-0.2, 0) is 11.2 Å². The number of allylic oxidation sites excluding steroid dienone is 1. The van der Waals surface area contributed by atoms with Crippen LogP contribution in [-0.4, -0.2) is 12.9 Å². The lowest BCUT2D eigenvalue weighted by Gasteiger charge is -2.05. The second-order valence-corrected chi connectivity index (χ2v) is 4.58. The minimum atomic E-state index is -0.491. The smallest absolute Gasteiger partial charge is 0.168 e. The van der Waals surface area contributed by atoms with E-state index in [0.29, 0.717) is 11.3 Å². The van der Waals surface area contributed by atoms with Gasteiger partial charge in [0.25, 0.3) is 0 Å². The van der Waals surface area contributed by atoms with Gasteiger partial charge in [0.05, 0.1) is 7.11 Å². The van der Waals surface area contributed by atoms with E-state index in [-0.39, 0.29) is 18.0 Å². The van der Waals surface area contributed by atoms with E-state index in [1.165, 1.54) is 19.3 Å². The Morgan fingerprint density at radius 2 is 1.95 bits per heavy atom. The van der Waals surface area contributed by atoms with Crippen molar-refractivity contribution in [2.75, 3.05) is 12.8 Å². The molecule has 0 bridgehead atoms. The van der Waals surface area contributed by atoms with Gasteiger partial charge in [-0.1, -0.05) is 30.3 Å². The first-order valence-corrected chi connectivity index (χ1v) is 6.48. The zero-order valence-corrected chi connectivity index (χ0v) is 11.7. The number of halogens is 1. The molecule has 0 radical (unpaired) electrons. The van der Waals surface area contributed by atoms with E-state index in [4.69, 9.17) is 10.5 Å². The van der Waals surface area contributed by atoms with Crippen LogP contribution < -0.4 is 10.5 Å². The Labute approximate surface area is 122 Å². The predicted octanol–water partition coefficient (Wildman–Crippen LogP) is 3.24. The molecule has 21 heavy (non-hydrogen) atoms. The van der Waals surface area contributed by atoms with Gasteiger partial charge in [0.2, 0.25) is 0 Å². The third kappa shape index (κ3) is 3.92. The summed E-state index contributed by atoms with van der Waals surface area (Å²) in [6, 6.07) is 11.9. The number of benzene rings is 2. The number of rotatable bonds is 5. The van der Waals surface area contributed by atoms with E-state index >= 15 is 0 Å². The van der Waals surface area contributed by atoms with Crippen molar-refractivity contribution in [3.8, 4) is 5.75 Å². The molecule has 0 atom stereocenters. The molecule has 2 aromatic carbocycles. The van der Waals surface area contributed by atoms with Gasteiger partial charge < -0.3 is 10.5 Å². The first-order chi connectivity index (χ1) is 10.1. The number of carbonyl (C=O) groups is 1. The first-order valence-electron chi connectivity index (χ1n) is 6.48. The van der Waals surface area contributed by atoms with Crippen LogP contribution in [0.15, 0.2) is 48.5 Å². The number of methoxy groups -OCH3 is 1.